The number of anilines is 5. The second kappa shape index (κ2) is 14.8. The quantitative estimate of drug-likeness (QED) is 0.162. The molecule has 0 saturated heterocycles. The van der Waals surface area contributed by atoms with Crippen LogP contribution in [-0.4, -0.2) is 6.85 Å². The van der Waals surface area contributed by atoms with Crippen LogP contribution in [0.3, 0.4) is 0 Å². The van der Waals surface area contributed by atoms with Crippen LogP contribution < -0.4 is 20.6 Å². The van der Waals surface area contributed by atoms with Crippen molar-refractivity contribution in [3.8, 4) is 33.4 Å². The molecule has 3 heterocycles. The predicted molar refractivity (Wildman–Crippen MR) is 295 cm³/mol. The number of hydrogen-bond donors (Lipinski definition) is 0. The molecule has 68 heavy (non-hydrogen) atoms. The van der Waals surface area contributed by atoms with E-state index in [4.69, 9.17) is 0 Å². The highest BCUT2D eigenvalue weighted by Gasteiger charge is 2.49. The van der Waals surface area contributed by atoms with Crippen molar-refractivity contribution in [3.63, 3.8) is 0 Å². The normalized spacial score (nSPS) is 15.6. The van der Waals surface area contributed by atoms with Gasteiger partial charge in [0, 0.05) is 43.7 Å². The van der Waals surface area contributed by atoms with Crippen LogP contribution in [0.1, 0.15) is 78.0 Å². The van der Waals surface area contributed by atoms with Crippen LogP contribution in [-0.2, 0) is 16.2 Å². The minimum absolute atomic E-state index is 0.00397. The Morgan fingerprint density at radius 1 is 0.515 bits per heavy atom. The van der Waals surface area contributed by atoms with E-state index in [1.807, 2.05) is 11.3 Å². The van der Waals surface area contributed by atoms with Crippen LogP contribution in [0.15, 0.2) is 182 Å². The van der Waals surface area contributed by atoms with Gasteiger partial charge in [0.2, 0.25) is 0 Å². The summed E-state index contributed by atoms with van der Waals surface area (Å²) in [6.45, 7) is 16.8. The van der Waals surface area contributed by atoms with Gasteiger partial charge in [0.25, 0.3) is 0 Å². The van der Waals surface area contributed by atoms with Crippen molar-refractivity contribution in [1.82, 2.24) is 0 Å². The standard InChI is InChI=1S/C64H55BN2S/c1-62(2,3)44-29-33-54(48(36-44)42-20-12-9-13-21-42)66-56-39-52-51(63(4,5)34-35-64(52,6)7)38-53(56)65-59-50(37-49-47-24-16-17-25-57(47)68-61(49)60(59)66)58-46-23-15-14-22-43(46)28-32-55(58)67(65)45-30-26-41(27-31-45)40-18-10-8-11-19-40/h8-33,36-39H,34-35H2,1-7H3. The zero-order valence-corrected chi connectivity index (χ0v) is 40.9. The highest BCUT2D eigenvalue weighted by molar-refractivity contribution is 7.26. The van der Waals surface area contributed by atoms with Crippen molar-refractivity contribution in [2.45, 2.75) is 77.6 Å². The summed E-state index contributed by atoms with van der Waals surface area (Å²) in [5.74, 6) is 0. The highest BCUT2D eigenvalue weighted by atomic mass is 32.1. The molecule has 0 radical (unpaired) electrons. The second-order valence-corrected chi connectivity index (χ2v) is 23.0. The molecule has 0 N–H and O–H groups in total. The summed E-state index contributed by atoms with van der Waals surface area (Å²) in [7, 11) is 0. The largest absolute Gasteiger partial charge is 0.376 e. The summed E-state index contributed by atoms with van der Waals surface area (Å²) in [6.07, 6.45) is 2.29. The molecule has 9 aromatic carbocycles. The molecule has 2 nitrogen and oxygen atoms in total. The van der Waals surface area contributed by atoms with E-state index >= 15 is 0 Å². The van der Waals surface area contributed by atoms with E-state index in [-0.39, 0.29) is 23.1 Å². The first kappa shape index (κ1) is 41.3. The summed E-state index contributed by atoms with van der Waals surface area (Å²) < 4.78 is 2.65. The molecule has 0 saturated carbocycles. The molecule has 2 aliphatic heterocycles. The monoisotopic (exact) mass is 894 g/mol. The van der Waals surface area contributed by atoms with Gasteiger partial charge in [-0.25, -0.2) is 0 Å². The Morgan fingerprint density at radius 3 is 1.85 bits per heavy atom. The lowest BCUT2D eigenvalue weighted by Gasteiger charge is -2.49. The van der Waals surface area contributed by atoms with Gasteiger partial charge in [0.05, 0.1) is 16.1 Å². The highest BCUT2D eigenvalue weighted by Crippen LogP contribution is 2.56. The molecule has 0 amide bonds. The molecule has 13 rings (SSSR count). The van der Waals surface area contributed by atoms with Crippen LogP contribution in [0.2, 0.25) is 0 Å². The smallest absolute Gasteiger partial charge is 0.333 e. The first-order chi connectivity index (χ1) is 32.9. The van der Waals surface area contributed by atoms with Gasteiger partial charge < -0.3 is 9.71 Å². The van der Waals surface area contributed by atoms with Gasteiger partial charge >= 0.3 is 6.85 Å². The maximum Gasteiger partial charge on any atom is 0.333 e. The summed E-state index contributed by atoms with van der Waals surface area (Å²) in [6, 6.07) is 69.5. The lowest BCUT2D eigenvalue weighted by Crippen LogP contribution is -2.62. The van der Waals surface area contributed by atoms with E-state index in [1.165, 1.54) is 120 Å². The molecule has 0 fully saturated rings. The Balaban J connectivity index is 1.22. The number of hydrogen-bond acceptors (Lipinski definition) is 3. The van der Waals surface area contributed by atoms with Crippen LogP contribution in [0.25, 0.3) is 64.3 Å². The van der Waals surface area contributed by atoms with Crippen LogP contribution >= 0.6 is 11.3 Å². The first-order valence-corrected chi connectivity index (χ1v) is 25.3. The third-order valence-electron chi connectivity index (χ3n) is 15.9. The summed E-state index contributed by atoms with van der Waals surface area (Å²) in [5.41, 5.74) is 20.8. The minimum Gasteiger partial charge on any atom is -0.376 e. The fourth-order valence-electron chi connectivity index (χ4n) is 12.1. The van der Waals surface area contributed by atoms with E-state index in [9.17, 15) is 0 Å². The number of fused-ring (bicyclic) bond motifs is 11. The summed E-state index contributed by atoms with van der Waals surface area (Å²) in [4.78, 5) is 5.45. The second-order valence-electron chi connectivity index (χ2n) is 21.9. The predicted octanol–water partition coefficient (Wildman–Crippen LogP) is 16.9. The van der Waals surface area contributed by atoms with Crippen molar-refractivity contribution >= 4 is 88.5 Å². The topological polar surface area (TPSA) is 6.48 Å². The van der Waals surface area contributed by atoms with Crippen LogP contribution in [0, 0.1) is 0 Å². The van der Waals surface area contributed by atoms with Crippen molar-refractivity contribution in [2.24, 2.45) is 0 Å². The Bertz CT molecular complexity index is 3670. The Kier molecular flexibility index (Phi) is 9.00. The SMILES string of the molecule is CC(C)(C)c1ccc(N2c3cc4c(cc3B3c5c(cc6c(sc7ccccc76)c52)-c2c(ccc5ccccc25)N3c2ccc(-c3ccccc3)cc2)C(C)(C)CCC4(C)C)c(-c2ccccc2)c1. The zero-order chi connectivity index (χ0) is 46.3. The van der Waals surface area contributed by atoms with E-state index in [1.54, 1.807) is 0 Å². The fraction of sp³-hybridized carbons (Fsp3) is 0.188. The lowest BCUT2D eigenvalue weighted by atomic mass is 9.42. The molecule has 330 valence electrons. The molecule has 0 atom stereocenters. The third kappa shape index (κ3) is 6.16. The molecule has 0 bridgehead atoms. The molecular weight excluding hydrogens is 840 g/mol. The fourth-order valence-corrected chi connectivity index (χ4v) is 13.3. The molecular formula is C64H55BN2S. The Morgan fingerprint density at radius 2 is 1.13 bits per heavy atom. The molecule has 4 heteroatoms. The van der Waals surface area contributed by atoms with Crippen molar-refractivity contribution in [1.29, 1.82) is 0 Å². The van der Waals surface area contributed by atoms with E-state index < -0.39 is 0 Å². The van der Waals surface area contributed by atoms with Crippen LogP contribution in [0.4, 0.5) is 28.4 Å². The third-order valence-corrected chi connectivity index (χ3v) is 17.0. The van der Waals surface area contributed by atoms with Crippen LogP contribution in [0.5, 0.6) is 0 Å². The van der Waals surface area contributed by atoms with Gasteiger partial charge in [-0.1, -0.05) is 182 Å². The van der Waals surface area contributed by atoms with E-state index in [0.717, 1.165) is 12.8 Å². The minimum atomic E-state index is -0.114. The van der Waals surface area contributed by atoms with Gasteiger partial charge in [-0.2, -0.15) is 0 Å². The molecule has 1 aromatic heterocycles. The zero-order valence-electron chi connectivity index (χ0n) is 40.1. The summed E-state index contributed by atoms with van der Waals surface area (Å²) >= 11 is 1.95. The molecule has 0 spiro atoms. The van der Waals surface area contributed by atoms with E-state index in [0.29, 0.717) is 0 Å². The van der Waals surface area contributed by atoms with Crippen molar-refractivity contribution in [3.05, 3.63) is 199 Å². The van der Waals surface area contributed by atoms with Gasteiger partial charge in [0.1, 0.15) is 0 Å². The number of thiophene rings is 1. The Labute approximate surface area is 405 Å². The molecule has 3 aliphatic rings. The maximum absolute atomic E-state index is 2.74. The van der Waals surface area contributed by atoms with Gasteiger partial charge in [0.15, 0.2) is 0 Å². The number of rotatable bonds is 4. The van der Waals surface area contributed by atoms with E-state index in [2.05, 4.69) is 240 Å². The molecule has 0 unspecified atom stereocenters. The lowest BCUT2D eigenvalue weighted by molar-refractivity contribution is 0.332. The number of benzene rings is 9. The van der Waals surface area contributed by atoms with Crippen molar-refractivity contribution in [2.75, 3.05) is 9.71 Å². The maximum atomic E-state index is 2.74. The average Bonchev–Trinajstić information content (AvgIpc) is 3.73. The molecule has 1 aliphatic carbocycles. The van der Waals surface area contributed by atoms with Gasteiger partial charge in [-0.05, 0) is 138 Å². The van der Waals surface area contributed by atoms with Gasteiger partial charge in [-0.3, -0.25) is 0 Å². The van der Waals surface area contributed by atoms with Crippen molar-refractivity contribution < 1.29 is 0 Å². The molecule has 10 aromatic rings. The van der Waals surface area contributed by atoms with Gasteiger partial charge in [-0.15, -0.1) is 11.3 Å². The summed E-state index contributed by atoms with van der Waals surface area (Å²) in [5, 5.41) is 5.16. The Hall–Kier alpha value is -6.88. The first-order valence-electron chi connectivity index (χ1n) is 24.5. The number of nitrogens with zero attached hydrogens (tertiary/aromatic N) is 2. The average molecular weight is 895 g/mol.